The number of nitrogens with one attached hydrogen (secondary N) is 1. The van der Waals surface area contributed by atoms with E-state index < -0.39 is 0 Å². The Morgan fingerprint density at radius 3 is 2.59 bits per heavy atom. The van der Waals surface area contributed by atoms with Gasteiger partial charge in [0.25, 0.3) is 5.91 Å². The number of H-pyrrole nitrogens is 1. The maximum Gasteiger partial charge on any atom is 0.270 e. The number of carbonyl (C=O) groups is 1. The van der Waals surface area contributed by atoms with Crippen molar-refractivity contribution in [3.8, 4) is 5.75 Å². The van der Waals surface area contributed by atoms with Gasteiger partial charge in [0.05, 0.1) is 0 Å². The van der Waals surface area contributed by atoms with Crippen molar-refractivity contribution in [1.29, 1.82) is 0 Å². The molecular formula is C22H25N3O2. The van der Waals surface area contributed by atoms with E-state index in [1.54, 1.807) is 12.1 Å². The molecule has 1 fully saturated rings. The first-order chi connectivity index (χ1) is 13.0. The second-order valence-electron chi connectivity index (χ2n) is 7.46. The molecule has 5 nitrogen and oxygen atoms in total. The van der Waals surface area contributed by atoms with Crippen LogP contribution in [-0.2, 0) is 6.54 Å². The lowest BCUT2D eigenvalue weighted by atomic mass is 10.1. The van der Waals surface area contributed by atoms with Crippen LogP contribution in [0.5, 0.6) is 5.75 Å². The molecule has 0 aliphatic carbocycles. The number of aromatic hydroxyl groups is 1. The molecule has 0 atom stereocenters. The number of aromatic amines is 1. The maximum atomic E-state index is 12.9. The fraction of sp³-hybridized carbons (Fsp3) is 0.318. The molecule has 0 saturated carbocycles. The van der Waals surface area contributed by atoms with Crippen LogP contribution in [0.25, 0.3) is 10.9 Å². The molecule has 0 spiro atoms. The molecule has 1 aromatic heterocycles. The predicted octanol–water partition coefficient (Wildman–Crippen LogP) is 3.45. The Labute approximate surface area is 159 Å². The van der Waals surface area contributed by atoms with Gasteiger partial charge in [0.2, 0.25) is 0 Å². The van der Waals surface area contributed by atoms with Crippen molar-refractivity contribution in [3.63, 3.8) is 0 Å². The van der Waals surface area contributed by atoms with Crippen LogP contribution in [0, 0.1) is 13.8 Å². The molecule has 1 aliphatic heterocycles. The van der Waals surface area contributed by atoms with Crippen molar-refractivity contribution in [3.05, 3.63) is 64.8 Å². The minimum atomic E-state index is 0.0697. The maximum absolute atomic E-state index is 12.9. The van der Waals surface area contributed by atoms with E-state index in [1.807, 2.05) is 23.1 Å². The molecule has 1 amide bonds. The van der Waals surface area contributed by atoms with E-state index >= 15 is 0 Å². The second-order valence-corrected chi connectivity index (χ2v) is 7.46. The molecule has 3 aromatic rings. The van der Waals surface area contributed by atoms with Crippen LogP contribution >= 0.6 is 0 Å². The Morgan fingerprint density at radius 1 is 1.07 bits per heavy atom. The fourth-order valence-electron chi connectivity index (χ4n) is 3.91. The van der Waals surface area contributed by atoms with E-state index in [0.29, 0.717) is 24.5 Å². The lowest BCUT2D eigenvalue weighted by Crippen LogP contribution is -2.48. The van der Waals surface area contributed by atoms with Gasteiger partial charge in [0.15, 0.2) is 0 Å². The average Bonchev–Trinajstić information content (AvgIpc) is 3.06. The monoisotopic (exact) mass is 363 g/mol. The Morgan fingerprint density at radius 2 is 1.85 bits per heavy atom. The number of amides is 1. The summed E-state index contributed by atoms with van der Waals surface area (Å²) in [6, 6.07) is 13.6. The highest BCUT2D eigenvalue weighted by Crippen LogP contribution is 2.23. The molecule has 0 radical (unpaired) electrons. The summed E-state index contributed by atoms with van der Waals surface area (Å²) in [6.07, 6.45) is 0. The summed E-state index contributed by atoms with van der Waals surface area (Å²) >= 11 is 0. The van der Waals surface area contributed by atoms with Gasteiger partial charge in [-0.15, -0.1) is 0 Å². The number of hydrogen-bond acceptors (Lipinski definition) is 3. The van der Waals surface area contributed by atoms with Crippen LogP contribution in [0.15, 0.2) is 42.5 Å². The van der Waals surface area contributed by atoms with Gasteiger partial charge in [0.1, 0.15) is 11.4 Å². The number of phenolic OH excluding ortho intramolecular Hbond substituents is 1. The number of aryl methyl sites for hydroxylation is 2. The molecule has 2 heterocycles. The third kappa shape index (κ3) is 3.69. The predicted molar refractivity (Wildman–Crippen MR) is 107 cm³/mol. The van der Waals surface area contributed by atoms with E-state index in [0.717, 1.165) is 36.1 Å². The smallest absolute Gasteiger partial charge is 0.270 e. The van der Waals surface area contributed by atoms with Crippen LogP contribution in [0.4, 0.5) is 0 Å². The minimum absolute atomic E-state index is 0.0697. The zero-order valence-electron chi connectivity index (χ0n) is 15.8. The number of piperazine rings is 1. The van der Waals surface area contributed by atoms with Gasteiger partial charge in [-0.05, 0) is 54.8 Å². The van der Waals surface area contributed by atoms with Crippen molar-refractivity contribution in [2.24, 2.45) is 0 Å². The molecule has 0 unspecified atom stereocenters. The van der Waals surface area contributed by atoms with Crippen LogP contribution in [-0.4, -0.2) is 52.0 Å². The highest BCUT2D eigenvalue weighted by molar-refractivity contribution is 5.99. The number of hydrogen-bond donors (Lipinski definition) is 2. The van der Waals surface area contributed by atoms with Crippen LogP contribution in [0.3, 0.4) is 0 Å². The van der Waals surface area contributed by atoms with Crippen molar-refractivity contribution >= 4 is 16.8 Å². The summed E-state index contributed by atoms with van der Waals surface area (Å²) in [5, 5.41) is 10.7. The summed E-state index contributed by atoms with van der Waals surface area (Å²) in [5.74, 6) is 0.367. The number of fused-ring (bicyclic) bond motifs is 1. The summed E-state index contributed by atoms with van der Waals surface area (Å²) in [6.45, 7) is 8.04. The Hall–Kier alpha value is -2.79. The van der Waals surface area contributed by atoms with Gasteiger partial charge in [-0.3, -0.25) is 9.69 Å². The van der Waals surface area contributed by atoms with Crippen molar-refractivity contribution in [2.45, 2.75) is 20.4 Å². The number of benzene rings is 2. The lowest BCUT2D eigenvalue weighted by Gasteiger charge is -2.34. The molecule has 4 rings (SSSR count). The van der Waals surface area contributed by atoms with Gasteiger partial charge in [-0.1, -0.05) is 18.2 Å². The van der Waals surface area contributed by atoms with Gasteiger partial charge in [-0.25, -0.2) is 0 Å². The number of phenols is 1. The number of nitrogens with zero attached hydrogens (tertiary/aromatic N) is 2. The molecule has 2 N–H and O–H groups in total. The topological polar surface area (TPSA) is 59.6 Å². The zero-order valence-corrected chi connectivity index (χ0v) is 15.8. The number of carbonyl (C=O) groups excluding carboxylic acids is 1. The summed E-state index contributed by atoms with van der Waals surface area (Å²) in [5.41, 5.74) is 5.17. The summed E-state index contributed by atoms with van der Waals surface area (Å²) < 4.78 is 0. The summed E-state index contributed by atoms with van der Waals surface area (Å²) in [7, 11) is 0. The van der Waals surface area contributed by atoms with Crippen LogP contribution in [0.1, 0.15) is 27.2 Å². The largest absolute Gasteiger partial charge is 0.508 e. The number of rotatable bonds is 3. The van der Waals surface area contributed by atoms with Crippen molar-refractivity contribution < 1.29 is 9.90 Å². The van der Waals surface area contributed by atoms with Gasteiger partial charge in [0, 0.05) is 43.6 Å². The third-order valence-electron chi connectivity index (χ3n) is 5.30. The third-order valence-corrected chi connectivity index (χ3v) is 5.30. The molecule has 5 heteroatoms. The summed E-state index contributed by atoms with van der Waals surface area (Å²) in [4.78, 5) is 20.5. The minimum Gasteiger partial charge on any atom is -0.508 e. The Bertz CT molecular complexity index is 984. The second kappa shape index (κ2) is 7.08. The number of aromatic nitrogens is 1. The molecule has 140 valence electrons. The van der Waals surface area contributed by atoms with Crippen molar-refractivity contribution in [1.82, 2.24) is 14.8 Å². The molecule has 27 heavy (non-hydrogen) atoms. The van der Waals surface area contributed by atoms with E-state index in [-0.39, 0.29) is 5.91 Å². The van der Waals surface area contributed by atoms with Crippen LogP contribution < -0.4 is 0 Å². The first-order valence-corrected chi connectivity index (χ1v) is 9.39. The van der Waals surface area contributed by atoms with Crippen molar-refractivity contribution in [2.75, 3.05) is 26.2 Å². The van der Waals surface area contributed by atoms with E-state index in [9.17, 15) is 9.90 Å². The van der Waals surface area contributed by atoms with E-state index in [2.05, 4.69) is 35.9 Å². The molecule has 0 bridgehead atoms. The normalized spacial score (nSPS) is 15.4. The van der Waals surface area contributed by atoms with Crippen LogP contribution in [0.2, 0.25) is 0 Å². The highest BCUT2D eigenvalue weighted by atomic mass is 16.3. The zero-order chi connectivity index (χ0) is 19.0. The molecule has 1 saturated heterocycles. The van der Waals surface area contributed by atoms with Gasteiger partial charge < -0.3 is 15.0 Å². The quantitative estimate of drug-likeness (QED) is 0.749. The average molecular weight is 363 g/mol. The van der Waals surface area contributed by atoms with E-state index in [1.165, 1.54) is 11.1 Å². The standard InChI is InChI=1S/C22H25N3O2/c1-15-10-16(2)19-13-21(23-20(19)11-15)22(27)25-8-6-24(7-9-25)14-17-4-3-5-18(26)12-17/h3-5,10-13,23,26H,6-9,14H2,1-2H3. The molecule has 2 aromatic carbocycles. The Kier molecular flexibility index (Phi) is 4.62. The molecule has 1 aliphatic rings. The first-order valence-electron chi connectivity index (χ1n) is 9.39. The Balaban J connectivity index is 1.42. The van der Waals surface area contributed by atoms with Gasteiger partial charge in [-0.2, -0.15) is 0 Å². The lowest BCUT2D eigenvalue weighted by molar-refractivity contribution is 0.0623. The van der Waals surface area contributed by atoms with Gasteiger partial charge >= 0.3 is 0 Å². The van der Waals surface area contributed by atoms with E-state index in [4.69, 9.17) is 0 Å². The fourth-order valence-corrected chi connectivity index (χ4v) is 3.91. The highest BCUT2D eigenvalue weighted by Gasteiger charge is 2.23. The molecular weight excluding hydrogens is 338 g/mol. The SMILES string of the molecule is Cc1cc(C)c2cc(C(=O)N3CCN(Cc4cccc(O)c4)CC3)[nH]c2c1. The first kappa shape index (κ1) is 17.6.